The van der Waals surface area contributed by atoms with Crippen LogP contribution in [0.5, 0.6) is 0 Å². The van der Waals surface area contributed by atoms with Crippen molar-refractivity contribution in [3.05, 3.63) is 40.2 Å². The molecular weight excluding hydrogens is 208 g/mol. The summed E-state index contributed by atoms with van der Waals surface area (Å²) in [4.78, 5) is 4.39. The van der Waals surface area contributed by atoms with Gasteiger partial charge in [-0.2, -0.15) is 0 Å². The summed E-state index contributed by atoms with van der Waals surface area (Å²) in [6.45, 7) is 2.00. The average Bonchev–Trinajstić information content (AvgIpc) is 2.77. The Morgan fingerprint density at radius 1 is 1.53 bits per heavy atom. The van der Waals surface area contributed by atoms with Crippen molar-refractivity contribution in [1.29, 1.82) is 0 Å². The van der Waals surface area contributed by atoms with E-state index in [0.29, 0.717) is 0 Å². The lowest BCUT2D eigenvalue weighted by Crippen LogP contribution is -2.25. The number of hydrogen-bond acceptors (Lipinski definition) is 4. The molecular formula is C11H14N2OS. The SMILES string of the molecule is Cc1csc(CC(N)Cc2ccco2)n1. The molecule has 0 saturated carbocycles. The maximum absolute atomic E-state index is 6.01. The van der Waals surface area contributed by atoms with E-state index in [9.17, 15) is 0 Å². The smallest absolute Gasteiger partial charge is 0.105 e. The molecule has 1 atom stereocenters. The molecule has 0 saturated heterocycles. The average molecular weight is 222 g/mol. The summed E-state index contributed by atoms with van der Waals surface area (Å²) in [5.41, 5.74) is 7.08. The van der Waals surface area contributed by atoms with Crippen LogP contribution in [0.3, 0.4) is 0 Å². The first-order valence-corrected chi connectivity index (χ1v) is 5.81. The summed E-state index contributed by atoms with van der Waals surface area (Å²) < 4.78 is 5.25. The zero-order valence-corrected chi connectivity index (χ0v) is 9.46. The predicted molar refractivity (Wildman–Crippen MR) is 60.9 cm³/mol. The predicted octanol–water partition coefficient (Wildman–Crippen LogP) is 2.16. The van der Waals surface area contributed by atoms with E-state index in [-0.39, 0.29) is 6.04 Å². The lowest BCUT2D eigenvalue weighted by molar-refractivity contribution is 0.482. The van der Waals surface area contributed by atoms with E-state index in [0.717, 1.165) is 29.3 Å². The van der Waals surface area contributed by atoms with Crippen molar-refractivity contribution in [2.45, 2.75) is 25.8 Å². The van der Waals surface area contributed by atoms with Crippen LogP contribution in [0.25, 0.3) is 0 Å². The summed E-state index contributed by atoms with van der Waals surface area (Å²) in [6.07, 6.45) is 3.26. The van der Waals surface area contributed by atoms with E-state index in [4.69, 9.17) is 10.2 Å². The monoisotopic (exact) mass is 222 g/mol. The Hall–Kier alpha value is -1.13. The maximum Gasteiger partial charge on any atom is 0.105 e. The third kappa shape index (κ3) is 2.91. The minimum Gasteiger partial charge on any atom is -0.469 e. The molecule has 2 N–H and O–H groups in total. The van der Waals surface area contributed by atoms with E-state index in [1.54, 1.807) is 17.6 Å². The molecule has 0 aliphatic heterocycles. The normalized spacial score (nSPS) is 12.9. The summed E-state index contributed by atoms with van der Waals surface area (Å²) >= 11 is 1.67. The van der Waals surface area contributed by atoms with Crippen molar-refractivity contribution >= 4 is 11.3 Å². The van der Waals surface area contributed by atoms with Crippen LogP contribution in [0.2, 0.25) is 0 Å². The van der Waals surface area contributed by atoms with Crippen LogP contribution in [-0.4, -0.2) is 11.0 Å². The summed E-state index contributed by atoms with van der Waals surface area (Å²) in [5.74, 6) is 0.941. The van der Waals surface area contributed by atoms with Gasteiger partial charge in [0.05, 0.1) is 11.3 Å². The first-order valence-electron chi connectivity index (χ1n) is 4.93. The van der Waals surface area contributed by atoms with Gasteiger partial charge < -0.3 is 10.2 Å². The van der Waals surface area contributed by atoms with Gasteiger partial charge in [-0.25, -0.2) is 4.98 Å². The molecule has 0 aliphatic rings. The van der Waals surface area contributed by atoms with Crippen molar-refractivity contribution < 1.29 is 4.42 Å². The summed E-state index contributed by atoms with van der Waals surface area (Å²) in [5, 5.41) is 3.15. The molecule has 1 unspecified atom stereocenters. The number of rotatable bonds is 4. The number of aryl methyl sites for hydroxylation is 1. The van der Waals surface area contributed by atoms with Crippen molar-refractivity contribution in [2.24, 2.45) is 5.73 Å². The summed E-state index contributed by atoms with van der Waals surface area (Å²) in [6, 6.07) is 3.92. The topological polar surface area (TPSA) is 52.0 Å². The molecule has 2 rings (SSSR count). The Bertz CT molecular complexity index is 408. The highest BCUT2D eigenvalue weighted by molar-refractivity contribution is 7.09. The van der Waals surface area contributed by atoms with Crippen LogP contribution in [0.4, 0.5) is 0 Å². The van der Waals surface area contributed by atoms with Gasteiger partial charge in [0.25, 0.3) is 0 Å². The number of nitrogens with zero attached hydrogens (tertiary/aromatic N) is 1. The Balaban J connectivity index is 1.90. The second-order valence-electron chi connectivity index (χ2n) is 3.63. The van der Waals surface area contributed by atoms with Crippen LogP contribution in [0.1, 0.15) is 16.5 Å². The lowest BCUT2D eigenvalue weighted by Gasteiger charge is -2.06. The first kappa shape index (κ1) is 10.4. The molecule has 15 heavy (non-hydrogen) atoms. The highest BCUT2D eigenvalue weighted by Crippen LogP contribution is 2.12. The Labute approximate surface area is 92.9 Å². The molecule has 2 aromatic rings. The van der Waals surface area contributed by atoms with Gasteiger partial charge >= 0.3 is 0 Å². The first-order chi connectivity index (χ1) is 7.24. The fourth-order valence-corrected chi connectivity index (χ4v) is 2.35. The van der Waals surface area contributed by atoms with Crippen LogP contribution in [0, 0.1) is 6.92 Å². The van der Waals surface area contributed by atoms with Gasteiger partial charge in [0.2, 0.25) is 0 Å². The largest absolute Gasteiger partial charge is 0.469 e. The molecule has 3 nitrogen and oxygen atoms in total. The second kappa shape index (κ2) is 4.59. The van der Waals surface area contributed by atoms with Crippen LogP contribution >= 0.6 is 11.3 Å². The highest BCUT2D eigenvalue weighted by atomic mass is 32.1. The van der Waals surface area contributed by atoms with E-state index in [2.05, 4.69) is 10.4 Å². The minimum absolute atomic E-state index is 0.0849. The van der Waals surface area contributed by atoms with Gasteiger partial charge in [0.15, 0.2) is 0 Å². The third-order valence-electron chi connectivity index (χ3n) is 2.15. The van der Waals surface area contributed by atoms with E-state index in [1.807, 2.05) is 19.1 Å². The third-order valence-corrected chi connectivity index (χ3v) is 3.14. The van der Waals surface area contributed by atoms with Gasteiger partial charge in [0.1, 0.15) is 5.76 Å². The van der Waals surface area contributed by atoms with Gasteiger partial charge in [-0.1, -0.05) is 0 Å². The Morgan fingerprint density at radius 2 is 2.40 bits per heavy atom. The van der Waals surface area contributed by atoms with Gasteiger partial charge in [0, 0.05) is 30.0 Å². The summed E-state index contributed by atoms with van der Waals surface area (Å²) in [7, 11) is 0. The number of furan rings is 1. The molecule has 0 aromatic carbocycles. The second-order valence-corrected chi connectivity index (χ2v) is 4.57. The Kier molecular flexibility index (Phi) is 3.18. The quantitative estimate of drug-likeness (QED) is 0.862. The van der Waals surface area contributed by atoms with Gasteiger partial charge in [-0.3, -0.25) is 0 Å². The molecule has 2 aromatic heterocycles. The van der Waals surface area contributed by atoms with Crippen molar-refractivity contribution in [3.8, 4) is 0 Å². The standard InChI is InChI=1S/C11H14N2OS/c1-8-7-15-11(13-8)6-9(12)5-10-3-2-4-14-10/h2-4,7,9H,5-6,12H2,1H3. The molecule has 0 radical (unpaired) electrons. The van der Waals surface area contributed by atoms with Crippen LogP contribution < -0.4 is 5.73 Å². The van der Waals surface area contributed by atoms with E-state index >= 15 is 0 Å². The van der Waals surface area contributed by atoms with Crippen molar-refractivity contribution in [3.63, 3.8) is 0 Å². The highest BCUT2D eigenvalue weighted by Gasteiger charge is 2.09. The van der Waals surface area contributed by atoms with Gasteiger partial charge in [-0.05, 0) is 19.1 Å². The maximum atomic E-state index is 6.01. The number of hydrogen-bond donors (Lipinski definition) is 1. The zero-order chi connectivity index (χ0) is 10.7. The fourth-order valence-electron chi connectivity index (χ4n) is 1.48. The molecule has 0 aliphatic carbocycles. The van der Waals surface area contributed by atoms with Crippen molar-refractivity contribution in [2.75, 3.05) is 0 Å². The van der Waals surface area contributed by atoms with E-state index in [1.165, 1.54) is 0 Å². The Morgan fingerprint density at radius 3 is 3.00 bits per heavy atom. The molecule has 0 amide bonds. The number of thiazole rings is 1. The zero-order valence-electron chi connectivity index (χ0n) is 8.64. The van der Waals surface area contributed by atoms with Crippen LogP contribution in [0.15, 0.2) is 28.2 Å². The number of aromatic nitrogens is 1. The number of nitrogens with two attached hydrogens (primary N) is 1. The molecule has 2 heterocycles. The lowest BCUT2D eigenvalue weighted by atomic mass is 10.1. The van der Waals surface area contributed by atoms with E-state index < -0.39 is 0 Å². The van der Waals surface area contributed by atoms with Crippen molar-refractivity contribution in [1.82, 2.24) is 4.98 Å². The molecule has 0 bridgehead atoms. The van der Waals surface area contributed by atoms with Crippen LogP contribution in [-0.2, 0) is 12.8 Å². The molecule has 0 fully saturated rings. The van der Waals surface area contributed by atoms with Gasteiger partial charge in [-0.15, -0.1) is 11.3 Å². The minimum atomic E-state index is 0.0849. The molecule has 80 valence electrons. The molecule has 4 heteroatoms. The fraction of sp³-hybridized carbons (Fsp3) is 0.364. The molecule has 0 spiro atoms.